The number of aryl methyl sites for hydroxylation is 2. The molecule has 384 valence electrons. The highest BCUT2D eigenvalue weighted by atomic mass is 79.9. The van der Waals surface area contributed by atoms with E-state index in [0.717, 1.165) is 55.9 Å². The molecule has 0 aliphatic heterocycles. The van der Waals surface area contributed by atoms with Crippen LogP contribution >= 0.6 is 31.9 Å². The van der Waals surface area contributed by atoms with Crippen molar-refractivity contribution in [2.24, 2.45) is 0 Å². The highest BCUT2D eigenvalue weighted by molar-refractivity contribution is 9.10. The van der Waals surface area contributed by atoms with Crippen molar-refractivity contribution >= 4 is 94.8 Å². The normalized spacial score (nSPS) is 11.4. The predicted molar refractivity (Wildman–Crippen MR) is 341 cm³/mol. The average Bonchev–Trinajstić information content (AvgIpc) is 3.50. The SMILES string of the molecule is CCCCCCc1ccc(-c2ccc(N(c3ccc(Br)cc3)c3ccc([Si](c4ccccc4)(c4ccccc4)c4ccc(N(c5ccc(Br)cc5)c5ccc(-c6ccc(CCCCCC)cc6)cc5)cc4)cc3)cc2)cc1. The van der Waals surface area contributed by atoms with E-state index < -0.39 is 8.07 Å². The summed E-state index contributed by atoms with van der Waals surface area (Å²) in [7, 11) is -2.92. The molecule has 5 heteroatoms. The molecule has 0 aliphatic carbocycles. The summed E-state index contributed by atoms with van der Waals surface area (Å²) in [6.45, 7) is 4.55. The van der Waals surface area contributed by atoms with Gasteiger partial charge in [-0.15, -0.1) is 0 Å². The largest absolute Gasteiger partial charge is 0.311 e. The van der Waals surface area contributed by atoms with E-state index in [9.17, 15) is 0 Å². The van der Waals surface area contributed by atoms with E-state index in [-0.39, 0.29) is 0 Å². The maximum absolute atomic E-state index is 3.71. The van der Waals surface area contributed by atoms with E-state index in [1.807, 2.05) is 0 Å². The average molecular weight is 1150 g/mol. The summed E-state index contributed by atoms with van der Waals surface area (Å²) in [4.78, 5) is 4.75. The van der Waals surface area contributed by atoms with Crippen molar-refractivity contribution in [1.82, 2.24) is 0 Å². The first-order chi connectivity index (χ1) is 37.9. The zero-order valence-corrected chi connectivity index (χ0v) is 48.6. The number of halogens is 2. The highest BCUT2D eigenvalue weighted by Gasteiger charge is 2.41. The van der Waals surface area contributed by atoms with E-state index in [2.05, 4.69) is 310 Å². The van der Waals surface area contributed by atoms with Crippen LogP contribution < -0.4 is 30.5 Å². The third kappa shape index (κ3) is 12.6. The molecule has 0 atom stereocenters. The summed E-state index contributed by atoms with van der Waals surface area (Å²) in [5.41, 5.74) is 14.3. The summed E-state index contributed by atoms with van der Waals surface area (Å²) >= 11 is 7.41. The number of hydrogen-bond donors (Lipinski definition) is 0. The van der Waals surface area contributed by atoms with Crippen LogP contribution in [-0.4, -0.2) is 8.07 Å². The van der Waals surface area contributed by atoms with E-state index in [1.54, 1.807) is 0 Å². The predicted octanol–water partition coefficient (Wildman–Crippen LogP) is 19.1. The first kappa shape index (κ1) is 53.4. The van der Waals surface area contributed by atoms with Crippen molar-refractivity contribution in [3.8, 4) is 22.3 Å². The number of anilines is 6. The van der Waals surface area contributed by atoms with Crippen molar-refractivity contribution < 1.29 is 0 Å². The zero-order chi connectivity index (χ0) is 52.8. The minimum absolute atomic E-state index is 1.05. The lowest BCUT2D eigenvalue weighted by atomic mass is 10.0. The molecule has 2 nitrogen and oxygen atoms in total. The monoisotopic (exact) mass is 1150 g/mol. The van der Waals surface area contributed by atoms with Crippen molar-refractivity contribution in [2.45, 2.75) is 78.1 Å². The van der Waals surface area contributed by atoms with Crippen LogP contribution in [0.15, 0.2) is 264 Å². The Labute approximate surface area is 476 Å². The molecule has 0 aromatic heterocycles. The quantitative estimate of drug-likeness (QED) is 0.0379. The Morgan fingerprint density at radius 1 is 0.273 bits per heavy atom. The number of hydrogen-bond acceptors (Lipinski definition) is 2. The maximum atomic E-state index is 3.71. The Balaban J connectivity index is 1.00. The molecule has 0 heterocycles. The number of rotatable bonds is 22. The molecule has 0 unspecified atom stereocenters. The molecule has 10 rings (SSSR count). The van der Waals surface area contributed by atoms with Crippen molar-refractivity contribution in [2.75, 3.05) is 9.80 Å². The van der Waals surface area contributed by atoms with Crippen LogP contribution in [0.1, 0.15) is 76.3 Å². The fourth-order valence-corrected chi connectivity index (χ4v) is 16.3. The Hall–Kier alpha value is -7.02. The molecule has 0 saturated carbocycles. The summed E-state index contributed by atoms with van der Waals surface area (Å²) in [5.74, 6) is 0. The standard InChI is InChI=1S/C72H68Br2N2Si/c1-3-5-7-11-17-55-23-27-57(28-24-55)59-31-39-63(40-32-59)75(65-43-35-61(73)36-44-65)67-47-51-71(52-48-67)77(69-19-13-9-14-20-69,70-21-15-10-16-22-70)72-53-49-68(50-54-72)76(66-45-37-62(74)38-46-66)64-41-33-60(34-42-64)58-29-25-56(26-30-58)18-12-8-6-4-2/h9-10,13-16,19-54H,3-8,11-12,17-18H2,1-2H3. The molecule has 0 spiro atoms. The van der Waals surface area contributed by atoms with Gasteiger partial charge in [0, 0.05) is 43.1 Å². The second kappa shape index (κ2) is 25.9. The third-order valence-corrected chi connectivity index (χ3v) is 21.0. The van der Waals surface area contributed by atoms with Gasteiger partial charge >= 0.3 is 0 Å². The van der Waals surface area contributed by atoms with Crippen LogP contribution in [0.5, 0.6) is 0 Å². The highest BCUT2D eigenvalue weighted by Crippen LogP contribution is 2.38. The second-order valence-electron chi connectivity index (χ2n) is 20.3. The van der Waals surface area contributed by atoms with Gasteiger partial charge < -0.3 is 9.80 Å². The number of benzene rings is 10. The van der Waals surface area contributed by atoms with Gasteiger partial charge in [0.2, 0.25) is 0 Å². The second-order valence-corrected chi connectivity index (χ2v) is 25.9. The van der Waals surface area contributed by atoms with E-state index in [4.69, 9.17) is 0 Å². The van der Waals surface area contributed by atoms with Crippen LogP contribution in [0.25, 0.3) is 22.3 Å². The number of unbranched alkanes of at least 4 members (excludes halogenated alkanes) is 6. The molecule has 0 N–H and O–H groups in total. The Kier molecular flexibility index (Phi) is 17.9. The Morgan fingerprint density at radius 2 is 0.532 bits per heavy atom. The zero-order valence-electron chi connectivity index (χ0n) is 44.5. The smallest absolute Gasteiger partial charge is 0.179 e. The van der Waals surface area contributed by atoms with Gasteiger partial charge in [-0.2, -0.15) is 0 Å². The summed E-state index contributed by atoms with van der Waals surface area (Å²) in [6.07, 6.45) is 12.5. The molecular formula is C72H68Br2N2Si. The molecule has 10 aromatic rings. The summed E-state index contributed by atoms with van der Waals surface area (Å²) < 4.78 is 2.10. The van der Waals surface area contributed by atoms with Gasteiger partial charge in [-0.1, -0.05) is 242 Å². The fourth-order valence-electron chi connectivity index (χ4n) is 11.0. The summed E-state index contributed by atoms with van der Waals surface area (Å²) in [5, 5.41) is 5.30. The van der Waals surface area contributed by atoms with Gasteiger partial charge in [0.25, 0.3) is 0 Å². The molecule has 0 aliphatic rings. The van der Waals surface area contributed by atoms with Crippen LogP contribution in [0.4, 0.5) is 34.1 Å². The Morgan fingerprint density at radius 3 is 0.831 bits per heavy atom. The van der Waals surface area contributed by atoms with Crippen LogP contribution in [0.3, 0.4) is 0 Å². The lowest BCUT2D eigenvalue weighted by Gasteiger charge is -2.35. The third-order valence-electron chi connectivity index (χ3n) is 15.2. The van der Waals surface area contributed by atoms with Crippen molar-refractivity contribution in [3.05, 3.63) is 275 Å². The molecule has 77 heavy (non-hydrogen) atoms. The lowest BCUT2D eigenvalue weighted by Crippen LogP contribution is -2.74. The van der Waals surface area contributed by atoms with Gasteiger partial charge in [-0.25, -0.2) is 0 Å². The molecule has 0 radical (unpaired) electrons. The van der Waals surface area contributed by atoms with Gasteiger partial charge in [-0.3, -0.25) is 0 Å². The van der Waals surface area contributed by atoms with Gasteiger partial charge in [0.15, 0.2) is 8.07 Å². The molecular weight excluding hydrogens is 1080 g/mol. The molecule has 0 fully saturated rings. The van der Waals surface area contributed by atoms with E-state index in [0.29, 0.717) is 0 Å². The Bertz CT molecular complexity index is 3150. The molecule has 0 amide bonds. The van der Waals surface area contributed by atoms with Crippen LogP contribution in [0, 0.1) is 0 Å². The minimum atomic E-state index is -2.92. The maximum Gasteiger partial charge on any atom is 0.179 e. The first-order valence-corrected chi connectivity index (χ1v) is 31.3. The van der Waals surface area contributed by atoms with Crippen LogP contribution in [0.2, 0.25) is 0 Å². The molecule has 0 saturated heterocycles. The first-order valence-electron chi connectivity index (χ1n) is 27.7. The van der Waals surface area contributed by atoms with E-state index >= 15 is 0 Å². The van der Waals surface area contributed by atoms with Crippen molar-refractivity contribution in [3.63, 3.8) is 0 Å². The topological polar surface area (TPSA) is 6.48 Å². The lowest BCUT2D eigenvalue weighted by molar-refractivity contribution is 0.667. The molecule has 0 bridgehead atoms. The molecule has 10 aromatic carbocycles. The van der Waals surface area contributed by atoms with Crippen LogP contribution in [-0.2, 0) is 12.8 Å². The minimum Gasteiger partial charge on any atom is -0.311 e. The summed E-state index contributed by atoms with van der Waals surface area (Å²) in [6, 6.07) is 95.1. The van der Waals surface area contributed by atoms with Gasteiger partial charge in [0.05, 0.1) is 0 Å². The van der Waals surface area contributed by atoms with Gasteiger partial charge in [-0.05, 0) is 177 Å². The van der Waals surface area contributed by atoms with Crippen molar-refractivity contribution in [1.29, 1.82) is 0 Å². The van der Waals surface area contributed by atoms with Gasteiger partial charge in [0.1, 0.15) is 0 Å². The van der Waals surface area contributed by atoms with E-state index in [1.165, 1.54) is 105 Å². The number of nitrogens with zero attached hydrogens (tertiary/aromatic N) is 2. The fraction of sp³-hybridized carbons (Fsp3) is 0.167.